The van der Waals surface area contributed by atoms with Gasteiger partial charge in [-0.3, -0.25) is 9.80 Å². The summed E-state index contributed by atoms with van der Waals surface area (Å²) in [5.74, 6) is -0.269. The molecule has 21 heavy (non-hydrogen) atoms. The number of benzene rings is 1. The summed E-state index contributed by atoms with van der Waals surface area (Å²) in [6, 6.07) is 9.14. The predicted molar refractivity (Wildman–Crippen MR) is 82.2 cm³/mol. The van der Waals surface area contributed by atoms with Crippen LogP contribution in [0.4, 0.5) is 0 Å². The van der Waals surface area contributed by atoms with Crippen molar-refractivity contribution < 1.29 is 9.53 Å². The maximum atomic E-state index is 11.5. The fraction of sp³-hybridized carbons (Fsp3) is 0.588. The van der Waals surface area contributed by atoms with Crippen LogP contribution in [0.3, 0.4) is 0 Å². The molecule has 4 nitrogen and oxygen atoms in total. The molecule has 0 N–H and O–H groups in total. The molecular weight excluding hydrogens is 264 g/mol. The molecule has 0 bridgehead atoms. The van der Waals surface area contributed by atoms with Gasteiger partial charge in [0.15, 0.2) is 0 Å². The van der Waals surface area contributed by atoms with Crippen LogP contribution in [0.15, 0.2) is 24.3 Å². The molecule has 114 valence electrons. The summed E-state index contributed by atoms with van der Waals surface area (Å²) in [6.07, 6.45) is 2.68. The maximum absolute atomic E-state index is 11.5. The van der Waals surface area contributed by atoms with Crippen LogP contribution in [0.5, 0.6) is 0 Å². The number of carbonyl (C=O) groups excluding carboxylic acids is 1. The quantitative estimate of drug-likeness (QED) is 0.798. The second-order valence-electron chi connectivity index (χ2n) is 6.26. The van der Waals surface area contributed by atoms with Crippen molar-refractivity contribution in [3.63, 3.8) is 0 Å². The molecule has 2 aliphatic heterocycles. The fourth-order valence-corrected chi connectivity index (χ4v) is 3.57. The Morgan fingerprint density at radius 3 is 2.76 bits per heavy atom. The number of fused-ring (bicyclic) bond motifs is 1. The van der Waals surface area contributed by atoms with Gasteiger partial charge in [-0.2, -0.15) is 0 Å². The molecule has 2 aliphatic rings. The summed E-state index contributed by atoms with van der Waals surface area (Å²) in [7, 11) is 1.42. The lowest BCUT2D eigenvalue weighted by molar-refractivity contribution is 0.0540. The lowest BCUT2D eigenvalue weighted by Crippen LogP contribution is -2.54. The largest absolute Gasteiger partial charge is 0.465 e. The van der Waals surface area contributed by atoms with Gasteiger partial charge in [-0.05, 0) is 44.0 Å². The topological polar surface area (TPSA) is 32.8 Å². The second kappa shape index (κ2) is 6.16. The lowest BCUT2D eigenvalue weighted by Gasteiger charge is -2.42. The van der Waals surface area contributed by atoms with E-state index in [0.717, 1.165) is 12.6 Å². The summed E-state index contributed by atoms with van der Waals surface area (Å²) < 4.78 is 4.74. The maximum Gasteiger partial charge on any atom is 0.337 e. The number of nitrogens with zero attached hydrogens (tertiary/aromatic N) is 2. The van der Waals surface area contributed by atoms with Crippen LogP contribution < -0.4 is 0 Å². The van der Waals surface area contributed by atoms with E-state index in [9.17, 15) is 4.79 Å². The molecule has 2 unspecified atom stereocenters. The number of piperazine rings is 1. The van der Waals surface area contributed by atoms with Crippen molar-refractivity contribution in [2.24, 2.45) is 0 Å². The lowest BCUT2D eigenvalue weighted by atomic mass is 10.1. The molecule has 0 spiro atoms. The first-order chi connectivity index (χ1) is 10.2. The van der Waals surface area contributed by atoms with Gasteiger partial charge in [0.25, 0.3) is 0 Å². The second-order valence-corrected chi connectivity index (χ2v) is 6.26. The number of rotatable bonds is 3. The summed E-state index contributed by atoms with van der Waals surface area (Å²) in [6.45, 7) is 6.91. The van der Waals surface area contributed by atoms with Crippen LogP contribution in [-0.2, 0) is 11.3 Å². The summed E-state index contributed by atoms with van der Waals surface area (Å²) >= 11 is 0. The molecule has 0 radical (unpaired) electrons. The predicted octanol–water partition coefficient (Wildman–Crippen LogP) is 2.14. The third kappa shape index (κ3) is 3.11. The minimum Gasteiger partial charge on any atom is -0.465 e. The van der Waals surface area contributed by atoms with E-state index in [-0.39, 0.29) is 5.97 Å². The summed E-state index contributed by atoms with van der Waals surface area (Å²) in [5.41, 5.74) is 1.89. The standard InChI is InChI=1S/C17H24N2O2/c1-13-10-18-9-3-4-16(18)12-19(13)11-14-5-7-15(8-6-14)17(20)21-2/h5-8,13,16H,3-4,9-12H2,1-2H3. The van der Waals surface area contributed by atoms with E-state index in [1.807, 2.05) is 24.3 Å². The van der Waals surface area contributed by atoms with Gasteiger partial charge in [-0.15, -0.1) is 0 Å². The molecule has 4 heteroatoms. The molecule has 0 aromatic heterocycles. The van der Waals surface area contributed by atoms with E-state index in [4.69, 9.17) is 4.74 Å². The van der Waals surface area contributed by atoms with Gasteiger partial charge in [-0.1, -0.05) is 12.1 Å². The normalized spacial score (nSPS) is 26.6. The van der Waals surface area contributed by atoms with Crippen LogP contribution in [0, 0.1) is 0 Å². The van der Waals surface area contributed by atoms with Gasteiger partial charge in [0, 0.05) is 31.7 Å². The number of hydrogen-bond donors (Lipinski definition) is 0. The highest BCUT2D eigenvalue weighted by molar-refractivity contribution is 5.89. The molecule has 2 saturated heterocycles. The van der Waals surface area contributed by atoms with Gasteiger partial charge in [0.2, 0.25) is 0 Å². The van der Waals surface area contributed by atoms with Gasteiger partial charge >= 0.3 is 5.97 Å². The van der Waals surface area contributed by atoms with Crippen LogP contribution >= 0.6 is 0 Å². The van der Waals surface area contributed by atoms with Gasteiger partial charge in [0.05, 0.1) is 12.7 Å². The zero-order valence-corrected chi connectivity index (χ0v) is 12.9. The summed E-state index contributed by atoms with van der Waals surface area (Å²) in [5, 5.41) is 0. The highest BCUT2D eigenvalue weighted by Crippen LogP contribution is 2.25. The van der Waals surface area contributed by atoms with Crippen molar-refractivity contribution in [1.82, 2.24) is 9.80 Å². The summed E-state index contributed by atoms with van der Waals surface area (Å²) in [4.78, 5) is 16.7. The monoisotopic (exact) mass is 288 g/mol. The number of ether oxygens (including phenoxy) is 1. The van der Waals surface area contributed by atoms with Crippen molar-refractivity contribution >= 4 is 5.97 Å². The average molecular weight is 288 g/mol. The van der Waals surface area contributed by atoms with Gasteiger partial charge in [-0.25, -0.2) is 4.79 Å². The van der Waals surface area contributed by atoms with Crippen LogP contribution in [0.25, 0.3) is 0 Å². The van der Waals surface area contributed by atoms with Crippen LogP contribution in [0.1, 0.15) is 35.7 Å². The Balaban J connectivity index is 1.64. The Hall–Kier alpha value is -1.39. The first-order valence-corrected chi connectivity index (χ1v) is 7.82. The molecule has 0 amide bonds. The zero-order valence-electron chi connectivity index (χ0n) is 12.9. The van der Waals surface area contributed by atoms with Crippen LogP contribution in [0.2, 0.25) is 0 Å². The van der Waals surface area contributed by atoms with E-state index >= 15 is 0 Å². The molecule has 2 atom stereocenters. The SMILES string of the molecule is COC(=O)c1ccc(CN2CC3CCCN3CC2C)cc1. The number of esters is 1. The third-order valence-corrected chi connectivity index (χ3v) is 4.83. The average Bonchev–Trinajstić information content (AvgIpc) is 2.94. The van der Waals surface area contributed by atoms with Gasteiger partial charge in [0.1, 0.15) is 0 Å². The Morgan fingerprint density at radius 1 is 1.29 bits per heavy atom. The number of carbonyl (C=O) groups is 1. The Bertz CT molecular complexity index is 500. The van der Waals surface area contributed by atoms with Crippen LogP contribution in [-0.4, -0.2) is 54.6 Å². The third-order valence-electron chi connectivity index (χ3n) is 4.83. The Labute approximate surface area is 126 Å². The van der Waals surface area contributed by atoms with E-state index < -0.39 is 0 Å². The molecule has 1 aromatic rings. The number of methoxy groups -OCH3 is 1. The van der Waals surface area contributed by atoms with E-state index in [1.54, 1.807) is 0 Å². The van der Waals surface area contributed by atoms with Gasteiger partial charge < -0.3 is 4.74 Å². The fourth-order valence-electron chi connectivity index (χ4n) is 3.57. The molecular formula is C17H24N2O2. The smallest absolute Gasteiger partial charge is 0.337 e. The Morgan fingerprint density at radius 2 is 2.05 bits per heavy atom. The molecule has 0 saturated carbocycles. The first-order valence-electron chi connectivity index (χ1n) is 7.82. The Kier molecular flexibility index (Phi) is 4.27. The van der Waals surface area contributed by atoms with E-state index in [2.05, 4.69) is 16.7 Å². The van der Waals surface area contributed by atoms with E-state index in [1.165, 1.54) is 45.1 Å². The molecule has 0 aliphatic carbocycles. The van der Waals surface area contributed by atoms with Crippen molar-refractivity contribution in [3.05, 3.63) is 35.4 Å². The number of hydrogen-bond acceptors (Lipinski definition) is 4. The highest BCUT2D eigenvalue weighted by Gasteiger charge is 2.34. The molecule has 2 fully saturated rings. The highest BCUT2D eigenvalue weighted by atomic mass is 16.5. The first kappa shape index (κ1) is 14.5. The minimum absolute atomic E-state index is 0.269. The molecule has 3 rings (SSSR count). The minimum atomic E-state index is -0.269. The van der Waals surface area contributed by atoms with Crippen molar-refractivity contribution in [2.75, 3.05) is 26.7 Å². The van der Waals surface area contributed by atoms with E-state index in [0.29, 0.717) is 11.6 Å². The van der Waals surface area contributed by atoms with Crippen molar-refractivity contribution in [3.8, 4) is 0 Å². The van der Waals surface area contributed by atoms with Crippen molar-refractivity contribution in [2.45, 2.75) is 38.4 Å². The zero-order chi connectivity index (χ0) is 14.8. The molecule has 1 aromatic carbocycles. The van der Waals surface area contributed by atoms with Crippen molar-refractivity contribution in [1.29, 1.82) is 0 Å². The molecule has 2 heterocycles.